The fourth-order valence-corrected chi connectivity index (χ4v) is 1.48. The van der Waals surface area contributed by atoms with Crippen LogP contribution in [0.1, 0.15) is 12.8 Å². The van der Waals surface area contributed by atoms with Gasteiger partial charge in [-0.1, -0.05) is 0 Å². The van der Waals surface area contributed by atoms with Crippen LogP contribution in [0.25, 0.3) is 0 Å². The molecule has 1 heterocycles. The molecule has 1 aromatic rings. The molecule has 15 heavy (non-hydrogen) atoms. The number of hydrogen-bond donors (Lipinski definition) is 1. The summed E-state index contributed by atoms with van der Waals surface area (Å²) in [5.41, 5.74) is 1.55. The standard InChI is InChI=1S/C11H11FN2O/c12-8-1-3-9(4-2-8)14-10-5-6-13-11(15)7-10/h1-4H,5-7H2,(H,13,15). The first-order valence-corrected chi connectivity index (χ1v) is 4.83. The molecule has 0 aromatic heterocycles. The van der Waals surface area contributed by atoms with Gasteiger partial charge in [0.15, 0.2) is 0 Å². The Morgan fingerprint density at radius 1 is 1.27 bits per heavy atom. The lowest BCUT2D eigenvalue weighted by molar-refractivity contribution is -0.120. The highest BCUT2D eigenvalue weighted by Gasteiger charge is 2.13. The minimum atomic E-state index is -0.277. The molecule has 0 atom stereocenters. The van der Waals surface area contributed by atoms with Crippen molar-refractivity contribution in [2.24, 2.45) is 4.99 Å². The van der Waals surface area contributed by atoms with E-state index >= 15 is 0 Å². The molecule has 4 heteroatoms. The molecule has 2 rings (SSSR count). The highest BCUT2D eigenvalue weighted by Crippen LogP contribution is 2.14. The maximum absolute atomic E-state index is 12.6. The van der Waals surface area contributed by atoms with Gasteiger partial charge < -0.3 is 5.32 Å². The predicted octanol–water partition coefficient (Wildman–Crippen LogP) is 1.81. The van der Waals surface area contributed by atoms with E-state index in [9.17, 15) is 9.18 Å². The summed E-state index contributed by atoms with van der Waals surface area (Å²) in [6, 6.07) is 5.94. The van der Waals surface area contributed by atoms with Crippen molar-refractivity contribution in [3.8, 4) is 0 Å². The van der Waals surface area contributed by atoms with Gasteiger partial charge in [-0.15, -0.1) is 0 Å². The van der Waals surface area contributed by atoms with Crippen LogP contribution in [0.15, 0.2) is 29.3 Å². The minimum absolute atomic E-state index is 0.00196. The van der Waals surface area contributed by atoms with Crippen molar-refractivity contribution < 1.29 is 9.18 Å². The lowest BCUT2D eigenvalue weighted by atomic mass is 10.1. The molecule has 0 bridgehead atoms. The number of halogens is 1. The Morgan fingerprint density at radius 2 is 2.00 bits per heavy atom. The number of amides is 1. The highest BCUT2D eigenvalue weighted by atomic mass is 19.1. The highest BCUT2D eigenvalue weighted by molar-refractivity contribution is 6.04. The fraction of sp³-hybridized carbons (Fsp3) is 0.273. The number of aliphatic imine (C=N–C) groups is 1. The maximum Gasteiger partial charge on any atom is 0.225 e. The molecule has 0 aliphatic carbocycles. The van der Waals surface area contributed by atoms with Crippen LogP contribution < -0.4 is 5.32 Å². The predicted molar refractivity (Wildman–Crippen MR) is 55.7 cm³/mol. The lowest BCUT2D eigenvalue weighted by Gasteiger charge is -2.13. The first-order chi connectivity index (χ1) is 7.24. The minimum Gasteiger partial charge on any atom is -0.355 e. The molecule has 1 aliphatic heterocycles. The molecule has 1 aliphatic rings. The molecule has 1 amide bonds. The van der Waals surface area contributed by atoms with Crippen LogP contribution in [0.5, 0.6) is 0 Å². The van der Waals surface area contributed by atoms with Crippen molar-refractivity contribution in [3.05, 3.63) is 30.1 Å². The first-order valence-electron chi connectivity index (χ1n) is 4.83. The molecule has 1 N–H and O–H groups in total. The van der Waals surface area contributed by atoms with Gasteiger partial charge in [0.1, 0.15) is 5.82 Å². The quantitative estimate of drug-likeness (QED) is 0.748. The van der Waals surface area contributed by atoms with Crippen LogP contribution in [0, 0.1) is 5.82 Å². The van der Waals surface area contributed by atoms with E-state index in [1.807, 2.05) is 0 Å². The summed E-state index contributed by atoms with van der Waals surface area (Å²) in [5, 5.41) is 2.73. The van der Waals surface area contributed by atoms with E-state index in [1.165, 1.54) is 12.1 Å². The molecule has 0 unspecified atom stereocenters. The Hall–Kier alpha value is -1.71. The summed E-state index contributed by atoms with van der Waals surface area (Å²) >= 11 is 0. The van der Waals surface area contributed by atoms with E-state index in [0.717, 1.165) is 12.1 Å². The van der Waals surface area contributed by atoms with E-state index < -0.39 is 0 Å². The van der Waals surface area contributed by atoms with E-state index in [4.69, 9.17) is 0 Å². The van der Waals surface area contributed by atoms with Gasteiger partial charge in [-0.2, -0.15) is 0 Å². The van der Waals surface area contributed by atoms with Crippen molar-refractivity contribution >= 4 is 17.3 Å². The zero-order chi connectivity index (χ0) is 10.7. The number of benzene rings is 1. The Balaban J connectivity index is 2.15. The third-order valence-electron chi connectivity index (χ3n) is 2.21. The van der Waals surface area contributed by atoms with Crippen LogP contribution in [0.4, 0.5) is 10.1 Å². The summed E-state index contributed by atoms with van der Waals surface area (Å²) in [4.78, 5) is 15.4. The van der Waals surface area contributed by atoms with Gasteiger partial charge in [0.05, 0.1) is 12.1 Å². The van der Waals surface area contributed by atoms with Crippen LogP contribution in [-0.4, -0.2) is 18.2 Å². The molecule has 3 nitrogen and oxygen atoms in total. The Morgan fingerprint density at radius 3 is 2.67 bits per heavy atom. The summed E-state index contributed by atoms with van der Waals surface area (Å²) in [6.45, 7) is 0.638. The number of piperidine rings is 1. The van der Waals surface area contributed by atoms with Gasteiger partial charge in [-0.05, 0) is 24.3 Å². The topological polar surface area (TPSA) is 41.5 Å². The summed E-state index contributed by atoms with van der Waals surface area (Å²) in [6.07, 6.45) is 1.11. The Labute approximate surface area is 87.0 Å². The molecule has 78 valence electrons. The number of nitrogens with zero attached hydrogens (tertiary/aromatic N) is 1. The van der Waals surface area contributed by atoms with Crippen LogP contribution in [0.2, 0.25) is 0 Å². The molecular weight excluding hydrogens is 195 g/mol. The average Bonchev–Trinajstić information content (AvgIpc) is 2.22. The van der Waals surface area contributed by atoms with Gasteiger partial charge in [0, 0.05) is 18.7 Å². The number of carbonyl (C=O) groups is 1. The first kappa shape index (κ1) is 9.83. The molecule has 0 spiro atoms. The Bertz CT molecular complexity index is 398. The van der Waals surface area contributed by atoms with Crippen molar-refractivity contribution in [1.29, 1.82) is 0 Å². The summed E-state index contributed by atoms with van der Waals surface area (Å²) in [7, 11) is 0. The van der Waals surface area contributed by atoms with Crippen LogP contribution >= 0.6 is 0 Å². The molecular formula is C11H11FN2O. The molecule has 1 aromatic carbocycles. The van der Waals surface area contributed by atoms with Crippen molar-refractivity contribution in [2.45, 2.75) is 12.8 Å². The second kappa shape index (κ2) is 4.21. The van der Waals surface area contributed by atoms with E-state index in [-0.39, 0.29) is 11.7 Å². The molecule has 1 saturated heterocycles. The largest absolute Gasteiger partial charge is 0.355 e. The fourth-order valence-electron chi connectivity index (χ4n) is 1.48. The zero-order valence-electron chi connectivity index (χ0n) is 8.16. The van der Waals surface area contributed by atoms with Gasteiger partial charge in [0.25, 0.3) is 0 Å². The third-order valence-corrected chi connectivity index (χ3v) is 2.21. The van der Waals surface area contributed by atoms with Crippen molar-refractivity contribution in [1.82, 2.24) is 5.32 Å². The van der Waals surface area contributed by atoms with Gasteiger partial charge in [-0.3, -0.25) is 9.79 Å². The van der Waals surface area contributed by atoms with Gasteiger partial charge >= 0.3 is 0 Å². The maximum atomic E-state index is 12.6. The summed E-state index contributed by atoms with van der Waals surface area (Å²) < 4.78 is 12.6. The van der Waals surface area contributed by atoms with Gasteiger partial charge in [-0.25, -0.2) is 4.39 Å². The van der Waals surface area contributed by atoms with Crippen molar-refractivity contribution in [3.63, 3.8) is 0 Å². The van der Waals surface area contributed by atoms with E-state index in [1.54, 1.807) is 12.1 Å². The smallest absolute Gasteiger partial charge is 0.225 e. The van der Waals surface area contributed by atoms with Crippen LogP contribution in [-0.2, 0) is 4.79 Å². The zero-order valence-corrected chi connectivity index (χ0v) is 8.16. The molecule has 0 saturated carbocycles. The van der Waals surface area contributed by atoms with Crippen LogP contribution in [0.3, 0.4) is 0 Å². The number of carbonyl (C=O) groups excluding carboxylic acids is 1. The van der Waals surface area contributed by atoms with Gasteiger partial charge in [0.2, 0.25) is 5.91 Å². The van der Waals surface area contributed by atoms with E-state index in [2.05, 4.69) is 10.3 Å². The number of hydrogen-bond acceptors (Lipinski definition) is 2. The Kier molecular flexibility index (Phi) is 2.76. The third kappa shape index (κ3) is 2.62. The molecule has 0 radical (unpaired) electrons. The second-order valence-corrected chi connectivity index (χ2v) is 3.43. The van der Waals surface area contributed by atoms with E-state index in [0.29, 0.717) is 18.7 Å². The molecule has 1 fully saturated rings. The second-order valence-electron chi connectivity index (χ2n) is 3.43. The summed E-state index contributed by atoms with van der Waals surface area (Å²) in [5.74, 6) is -0.276. The number of rotatable bonds is 1. The SMILES string of the molecule is O=C1CC(=Nc2ccc(F)cc2)CCN1. The van der Waals surface area contributed by atoms with Crippen molar-refractivity contribution in [2.75, 3.05) is 6.54 Å². The average molecular weight is 206 g/mol. The number of nitrogens with one attached hydrogen (secondary N) is 1. The lowest BCUT2D eigenvalue weighted by Crippen LogP contribution is -2.33. The monoisotopic (exact) mass is 206 g/mol. The normalized spacial score (nSPS) is 19.0.